The Labute approximate surface area is 142 Å². The van der Waals surface area contributed by atoms with E-state index in [1.54, 1.807) is 19.1 Å². The third-order valence-electron chi connectivity index (χ3n) is 4.32. The minimum Gasteiger partial charge on any atom is -0.391 e. The minimum atomic E-state index is -4.52. The molecule has 1 aromatic heterocycles. The first-order chi connectivity index (χ1) is 11.8. The first-order valence-corrected chi connectivity index (χ1v) is 7.85. The van der Waals surface area contributed by atoms with E-state index in [1.807, 2.05) is 0 Å². The van der Waals surface area contributed by atoms with Crippen molar-refractivity contribution < 1.29 is 23.1 Å². The Morgan fingerprint density at radius 3 is 2.60 bits per heavy atom. The molecule has 0 spiro atoms. The number of aryl methyl sites for hydroxylation is 1. The average molecular weight is 350 g/mol. The molecule has 0 aliphatic carbocycles. The van der Waals surface area contributed by atoms with E-state index < -0.39 is 29.8 Å². The number of hydrogen-bond acceptors (Lipinski definition) is 3. The van der Waals surface area contributed by atoms with Gasteiger partial charge in [-0.25, -0.2) is 0 Å². The van der Waals surface area contributed by atoms with Gasteiger partial charge in [-0.15, -0.1) is 0 Å². The zero-order valence-electron chi connectivity index (χ0n) is 13.5. The first kappa shape index (κ1) is 17.4. The van der Waals surface area contributed by atoms with Crippen molar-refractivity contribution in [3.8, 4) is 0 Å². The van der Waals surface area contributed by atoms with E-state index in [1.165, 1.54) is 29.3 Å². The fourth-order valence-corrected chi connectivity index (χ4v) is 3.14. The largest absolute Gasteiger partial charge is 0.416 e. The van der Waals surface area contributed by atoms with Gasteiger partial charge in [-0.1, -0.05) is 18.2 Å². The second-order valence-corrected chi connectivity index (χ2v) is 6.14. The zero-order chi connectivity index (χ0) is 18.2. The van der Waals surface area contributed by atoms with Crippen LogP contribution < -0.4 is 0 Å². The second kappa shape index (κ2) is 6.48. The van der Waals surface area contributed by atoms with Gasteiger partial charge in [-0.05, 0) is 37.1 Å². The highest BCUT2D eigenvalue weighted by Gasteiger charge is 2.41. The van der Waals surface area contributed by atoms with Crippen molar-refractivity contribution in [1.29, 1.82) is 0 Å². The zero-order valence-corrected chi connectivity index (χ0v) is 13.5. The van der Waals surface area contributed by atoms with Crippen LogP contribution in [-0.4, -0.2) is 33.5 Å². The fraction of sp³-hybridized carbons (Fsp3) is 0.333. The van der Waals surface area contributed by atoms with Crippen LogP contribution in [0.15, 0.2) is 42.6 Å². The van der Waals surface area contributed by atoms with Crippen LogP contribution in [0.3, 0.4) is 0 Å². The van der Waals surface area contributed by atoms with Gasteiger partial charge in [0.05, 0.1) is 23.3 Å². The van der Waals surface area contributed by atoms with Gasteiger partial charge in [0, 0.05) is 18.4 Å². The minimum absolute atomic E-state index is 0.0000270. The van der Waals surface area contributed by atoms with Crippen molar-refractivity contribution in [3.05, 3.63) is 65.0 Å². The van der Waals surface area contributed by atoms with E-state index in [4.69, 9.17) is 0 Å². The quantitative estimate of drug-likeness (QED) is 0.904. The summed E-state index contributed by atoms with van der Waals surface area (Å²) >= 11 is 0. The second-order valence-electron chi connectivity index (χ2n) is 6.14. The summed E-state index contributed by atoms with van der Waals surface area (Å²) in [6.45, 7) is 1.76. The summed E-state index contributed by atoms with van der Waals surface area (Å²) in [7, 11) is 0. The van der Waals surface area contributed by atoms with Crippen molar-refractivity contribution in [2.24, 2.45) is 0 Å². The normalized spacial score (nSPS) is 20.8. The van der Waals surface area contributed by atoms with E-state index in [0.29, 0.717) is 0 Å². The summed E-state index contributed by atoms with van der Waals surface area (Å²) in [6, 6.07) is 7.59. The van der Waals surface area contributed by atoms with Gasteiger partial charge in [0.25, 0.3) is 5.91 Å². The number of aromatic nitrogens is 1. The van der Waals surface area contributed by atoms with Gasteiger partial charge < -0.3 is 10.0 Å². The number of β-amino-alcohol motifs (C(OH)–C–C–N with tert-alkyl or cyclic N) is 1. The maximum atomic E-state index is 13.3. The van der Waals surface area contributed by atoms with Gasteiger partial charge in [-0.3, -0.25) is 9.78 Å². The molecule has 2 aromatic rings. The lowest BCUT2D eigenvalue weighted by Crippen LogP contribution is -2.32. The number of amides is 1. The van der Waals surface area contributed by atoms with Crippen molar-refractivity contribution in [1.82, 2.24) is 9.88 Å². The van der Waals surface area contributed by atoms with Crippen molar-refractivity contribution >= 4 is 5.91 Å². The number of carbonyl (C=O) groups is 1. The summed E-state index contributed by atoms with van der Waals surface area (Å²) in [5.41, 5.74) is 0.236. The summed E-state index contributed by atoms with van der Waals surface area (Å²) in [4.78, 5) is 18.1. The third kappa shape index (κ3) is 3.51. The van der Waals surface area contributed by atoms with Gasteiger partial charge in [0.15, 0.2) is 0 Å². The van der Waals surface area contributed by atoms with E-state index in [9.17, 15) is 23.1 Å². The Balaban J connectivity index is 1.98. The Morgan fingerprint density at radius 2 is 1.96 bits per heavy atom. The topological polar surface area (TPSA) is 53.4 Å². The number of nitrogens with zero attached hydrogens (tertiary/aromatic N) is 2. The highest BCUT2D eigenvalue weighted by atomic mass is 19.4. The number of aliphatic hydroxyl groups is 1. The lowest BCUT2D eigenvalue weighted by molar-refractivity contribution is -0.138. The molecule has 1 saturated heterocycles. The molecule has 1 aliphatic rings. The maximum Gasteiger partial charge on any atom is 0.416 e. The van der Waals surface area contributed by atoms with Crippen LogP contribution >= 0.6 is 0 Å². The maximum absolute atomic E-state index is 13.3. The summed E-state index contributed by atoms with van der Waals surface area (Å²) in [6.07, 6.45) is -3.93. The van der Waals surface area contributed by atoms with Crippen molar-refractivity contribution in [2.45, 2.75) is 31.7 Å². The number of likely N-dealkylation sites (tertiary alicyclic amines) is 1. The third-order valence-corrected chi connectivity index (χ3v) is 4.32. The van der Waals surface area contributed by atoms with Crippen molar-refractivity contribution in [2.75, 3.05) is 6.54 Å². The number of hydrogen-bond donors (Lipinski definition) is 1. The lowest BCUT2D eigenvalue weighted by Gasteiger charge is -2.27. The predicted octanol–water partition coefficient (Wildman–Crippen LogP) is 3.36. The summed E-state index contributed by atoms with van der Waals surface area (Å²) in [5, 5.41) is 9.97. The van der Waals surface area contributed by atoms with E-state index in [2.05, 4.69) is 4.98 Å². The molecule has 2 heterocycles. The van der Waals surface area contributed by atoms with Crippen LogP contribution in [0.4, 0.5) is 13.2 Å². The predicted molar refractivity (Wildman–Crippen MR) is 84.8 cm³/mol. The number of benzene rings is 1. The molecule has 0 radical (unpaired) electrons. The van der Waals surface area contributed by atoms with E-state index in [-0.39, 0.29) is 24.1 Å². The number of rotatable bonds is 2. The SMILES string of the molecule is Cc1ccc(C(=O)N2CC(O)CC2c2ccccc2C(F)(F)F)cn1. The lowest BCUT2D eigenvalue weighted by atomic mass is 9.97. The van der Waals surface area contributed by atoms with Crippen LogP contribution in [0.5, 0.6) is 0 Å². The van der Waals surface area contributed by atoms with Crippen LogP contribution in [-0.2, 0) is 6.18 Å². The fourth-order valence-electron chi connectivity index (χ4n) is 3.14. The van der Waals surface area contributed by atoms with Crippen LogP contribution in [0.1, 0.15) is 39.6 Å². The Bertz CT molecular complexity index is 775. The Morgan fingerprint density at radius 1 is 1.24 bits per heavy atom. The first-order valence-electron chi connectivity index (χ1n) is 7.85. The Kier molecular flexibility index (Phi) is 4.51. The molecule has 0 bridgehead atoms. The molecule has 1 fully saturated rings. The molecule has 2 atom stereocenters. The summed E-state index contributed by atoms with van der Waals surface area (Å²) < 4.78 is 40.0. The molecule has 25 heavy (non-hydrogen) atoms. The number of aliphatic hydroxyl groups excluding tert-OH is 1. The smallest absolute Gasteiger partial charge is 0.391 e. The Hall–Kier alpha value is -2.41. The highest BCUT2D eigenvalue weighted by molar-refractivity contribution is 5.94. The number of pyridine rings is 1. The summed E-state index contributed by atoms with van der Waals surface area (Å²) in [5.74, 6) is -0.439. The molecule has 3 rings (SSSR count). The molecule has 4 nitrogen and oxygen atoms in total. The monoisotopic (exact) mass is 350 g/mol. The molecular formula is C18H17F3N2O2. The molecular weight excluding hydrogens is 333 g/mol. The standard InChI is InChI=1S/C18H17F3N2O2/c1-11-6-7-12(9-22-11)17(25)23-10-13(24)8-16(23)14-4-2-3-5-15(14)18(19,20)21/h2-7,9,13,16,24H,8,10H2,1H3. The van der Waals surface area contributed by atoms with E-state index in [0.717, 1.165) is 11.8 Å². The van der Waals surface area contributed by atoms with Gasteiger partial charge >= 0.3 is 6.18 Å². The number of halogens is 3. The van der Waals surface area contributed by atoms with Crippen molar-refractivity contribution in [3.63, 3.8) is 0 Å². The van der Waals surface area contributed by atoms with E-state index >= 15 is 0 Å². The van der Waals surface area contributed by atoms with Crippen LogP contribution in [0, 0.1) is 6.92 Å². The molecule has 2 unspecified atom stereocenters. The van der Waals surface area contributed by atoms with Gasteiger partial charge in [-0.2, -0.15) is 13.2 Å². The van der Waals surface area contributed by atoms with Gasteiger partial charge in [0.1, 0.15) is 0 Å². The van der Waals surface area contributed by atoms with Crippen LogP contribution in [0.25, 0.3) is 0 Å². The van der Waals surface area contributed by atoms with Crippen LogP contribution in [0.2, 0.25) is 0 Å². The molecule has 132 valence electrons. The molecule has 1 amide bonds. The average Bonchev–Trinajstić information content (AvgIpc) is 2.96. The molecule has 1 aliphatic heterocycles. The molecule has 1 N–H and O–H groups in total. The molecule has 0 saturated carbocycles. The number of alkyl halides is 3. The number of carbonyl (C=O) groups excluding carboxylic acids is 1. The highest BCUT2D eigenvalue weighted by Crippen LogP contribution is 2.40. The van der Waals surface area contributed by atoms with Gasteiger partial charge in [0.2, 0.25) is 0 Å². The molecule has 1 aromatic carbocycles. The molecule has 7 heteroatoms.